The zero-order chi connectivity index (χ0) is 37.6. The summed E-state index contributed by atoms with van der Waals surface area (Å²) in [4.78, 5) is 0. The van der Waals surface area contributed by atoms with E-state index < -0.39 is 5.41 Å². The molecule has 10 aromatic rings. The van der Waals surface area contributed by atoms with Crippen molar-refractivity contribution in [2.24, 2.45) is 0 Å². The molecule has 11 rings (SSSR count). The molecule has 1 aliphatic rings. The summed E-state index contributed by atoms with van der Waals surface area (Å²) in [6.45, 7) is 4.00. The Bertz CT molecular complexity index is 2940. The Morgan fingerprint density at radius 3 is 1.45 bits per heavy atom. The summed E-state index contributed by atoms with van der Waals surface area (Å²) in [5.41, 5.74) is 13.4. The second-order valence-corrected chi connectivity index (χ2v) is 14.7. The van der Waals surface area contributed by atoms with Crippen LogP contribution in [0.4, 0.5) is 0 Å². The van der Waals surface area contributed by atoms with Gasteiger partial charge in [0.2, 0.25) is 0 Å². The molecule has 0 spiro atoms. The molecule has 0 unspecified atom stereocenters. The number of fused-ring (bicyclic) bond motifs is 10. The minimum atomic E-state index is -0.418. The third-order valence-electron chi connectivity index (χ3n) is 11.8. The lowest BCUT2D eigenvalue weighted by Gasteiger charge is -2.34. The van der Waals surface area contributed by atoms with Crippen LogP contribution in [0.5, 0.6) is 0 Å². The quantitative estimate of drug-likeness (QED) is 0.160. The van der Waals surface area contributed by atoms with Crippen LogP contribution in [0.25, 0.3) is 71.3 Å². The Morgan fingerprint density at radius 2 is 0.875 bits per heavy atom. The highest BCUT2D eigenvalue weighted by molar-refractivity contribution is 6.28. The fourth-order valence-electron chi connectivity index (χ4n) is 9.25. The Balaban J connectivity index is 0.000000919. The van der Waals surface area contributed by atoms with Crippen molar-refractivity contribution in [3.05, 3.63) is 235 Å². The van der Waals surface area contributed by atoms with Crippen molar-refractivity contribution in [1.82, 2.24) is 4.57 Å². The van der Waals surface area contributed by atoms with Crippen molar-refractivity contribution in [1.29, 1.82) is 0 Å². The van der Waals surface area contributed by atoms with E-state index in [0.717, 1.165) is 5.69 Å². The van der Waals surface area contributed by atoms with E-state index in [4.69, 9.17) is 0 Å². The van der Waals surface area contributed by atoms with Crippen molar-refractivity contribution < 1.29 is 0 Å². The predicted molar refractivity (Wildman–Crippen MR) is 239 cm³/mol. The van der Waals surface area contributed by atoms with Crippen LogP contribution < -0.4 is 0 Å². The maximum atomic E-state index is 2.45. The molecule has 0 N–H and O–H groups in total. The van der Waals surface area contributed by atoms with Crippen LogP contribution >= 0.6 is 0 Å². The van der Waals surface area contributed by atoms with Crippen molar-refractivity contribution in [3.63, 3.8) is 0 Å². The Kier molecular flexibility index (Phi) is 8.23. The molecule has 1 heteroatoms. The Hall–Kier alpha value is -6.96. The van der Waals surface area contributed by atoms with Gasteiger partial charge in [0.1, 0.15) is 0 Å². The van der Waals surface area contributed by atoms with E-state index >= 15 is 0 Å². The molecule has 1 aliphatic carbocycles. The van der Waals surface area contributed by atoms with Crippen LogP contribution in [-0.2, 0) is 5.41 Å². The third kappa shape index (κ3) is 5.08. The maximum Gasteiger partial charge on any atom is 0.0713 e. The zero-order valence-electron chi connectivity index (χ0n) is 31.7. The lowest BCUT2D eigenvalue weighted by molar-refractivity contribution is 0.769. The summed E-state index contributed by atoms with van der Waals surface area (Å²) in [6, 6.07) is 74.0. The van der Waals surface area contributed by atoms with Gasteiger partial charge in [0.15, 0.2) is 0 Å². The van der Waals surface area contributed by atoms with E-state index in [0.29, 0.717) is 0 Å². The zero-order valence-corrected chi connectivity index (χ0v) is 31.7. The van der Waals surface area contributed by atoms with Gasteiger partial charge in [0.25, 0.3) is 0 Å². The van der Waals surface area contributed by atoms with E-state index in [1.165, 1.54) is 87.9 Å². The standard InChI is InChI=1S/C51H33N.C4H8/c1-3-15-38(16-4-1)51(39-17-5-2-6-18-39)45-22-12-11-21-43(45)44-30-25-37(33-46(44)51)34-23-28-40(29-24-34)52-47-31-26-35-13-7-9-19-41(35)49(47)50-42-20-10-8-14-36(42)27-32-48(50)52;1-3-4-2/h1-33H;3-4H,1-2H3/b;4-3-. The third-order valence-corrected chi connectivity index (χ3v) is 11.8. The Labute approximate surface area is 328 Å². The van der Waals surface area contributed by atoms with Gasteiger partial charge in [0, 0.05) is 16.5 Å². The largest absolute Gasteiger partial charge is 0.309 e. The molecule has 0 atom stereocenters. The fourth-order valence-corrected chi connectivity index (χ4v) is 9.25. The highest BCUT2D eigenvalue weighted by atomic mass is 15.0. The van der Waals surface area contributed by atoms with Gasteiger partial charge in [-0.05, 0) is 110 Å². The lowest BCUT2D eigenvalue weighted by Crippen LogP contribution is -2.28. The summed E-state index contributed by atoms with van der Waals surface area (Å²) in [5, 5.41) is 7.72. The number of benzene rings is 9. The molecule has 9 aromatic carbocycles. The van der Waals surface area contributed by atoms with E-state index in [1.54, 1.807) is 0 Å². The molecule has 0 bridgehead atoms. The van der Waals surface area contributed by atoms with Crippen LogP contribution in [0.1, 0.15) is 36.1 Å². The second-order valence-electron chi connectivity index (χ2n) is 14.7. The van der Waals surface area contributed by atoms with Crippen LogP contribution in [0.15, 0.2) is 212 Å². The summed E-state index contributed by atoms with van der Waals surface area (Å²) < 4.78 is 2.45. The van der Waals surface area contributed by atoms with E-state index in [-0.39, 0.29) is 0 Å². The minimum absolute atomic E-state index is 0.418. The fraction of sp³-hybridized carbons (Fsp3) is 0.0545. The molecule has 266 valence electrons. The monoisotopic (exact) mass is 715 g/mol. The summed E-state index contributed by atoms with van der Waals surface area (Å²) in [5.74, 6) is 0. The van der Waals surface area contributed by atoms with Gasteiger partial charge in [-0.1, -0.05) is 182 Å². The summed E-state index contributed by atoms with van der Waals surface area (Å²) >= 11 is 0. The molecule has 0 aliphatic heterocycles. The van der Waals surface area contributed by atoms with E-state index in [1.807, 2.05) is 26.0 Å². The number of aromatic nitrogens is 1. The molecule has 0 fully saturated rings. The first-order chi connectivity index (χ1) is 27.7. The first-order valence-corrected chi connectivity index (χ1v) is 19.6. The Morgan fingerprint density at radius 1 is 0.393 bits per heavy atom. The van der Waals surface area contributed by atoms with Crippen LogP contribution in [0.3, 0.4) is 0 Å². The molecule has 0 radical (unpaired) electrons. The average Bonchev–Trinajstić information content (AvgIpc) is 3.78. The number of nitrogens with zero attached hydrogens (tertiary/aromatic N) is 1. The first-order valence-electron chi connectivity index (χ1n) is 19.6. The molecule has 1 heterocycles. The van der Waals surface area contributed by atoms with Crippen molar-refractivity contribution >= 4 is 43.4 Å². The highest BCUT2D eigenvalue weighted by Crippen LogP contribution is 2.56. The summed E-state index contributed by atoms with van der Waals surface area (Å²) in [7, 11) is 0. The number of allylic oxidation sites excluding steroid dienone is 2. The van der Waals surface area contributed by atoms with E-state index in [9.17, 15) is 0 Å². The molecule has 0 saturated carbocycles. The van der Waals surface area contributed by atoms with Crippen LogP contribution in [-0.4, -0.2) is 4.57 Å². The molecule has 0 amide bonds. The van der Waals surface area contributed by atoms with Crippen LogP contribution in [0.2, 0.25) is 0 Å². The molecular weight excluding hydrogens is 675 g/mol. The van der Waals surface area contributed by atoms with Crippen molar-refractivity contribution in [3.8, 4) is 27.9 Å². The second kappa shape index (κ2) is 13.7. The van der Waals surface area contributed by atoms with Crippen LogP contribution in [0, 0.1) is 0 Å². The molecule has 56 heavy (non-hydrogen) atoms. The number of rotatable bonds is 4. The van der Waals surface area contributed by atoms with Gasteiger partial charge in [-0.25, -0.2) is 0 Å². The highest BCUT2D eigenvalue weighted by Gasteiger charge is 2.46. The lowest BCUT2D eigenvalue weighted by atomic mass is 9.67. The van der Waals surface area contributed by atoms with Gasteiger partial charge in [0.05, 0.1) is 16.4 Å². The molecule has 1 aromatic heterocycles. The predicted octanol–water partition coefficient (Wildman–Crippen LogP) is 14.7. The smallest absolute Gasteiger partial charge is 0.0713 e. The van der Waals surface area contributed by atoms with Gasteiger partial charge in [-0.3, -0.25) is 0 Å². The SMILES string of the molecule is C/C=C\C.c1ccc(C2(c3ccccc3)c3ccccc3-c3ccc(-c4ccc(-n5c6ccc7ccccc7c6c6c7ccccc7ccc65)cc4)cc32)cc1. The average molecular weight is 716 g/mol. The first kappa shape index (κ1) is 33.6. The molecule has 0 saturated heterocycles. The number of hydrogen-bond donors (Lipinski definition) is 0. The minimum Gasteiger partial charge on any atom is -0.309 e. The molecule has 1 nitrogen and oxygen atoms in total. The van der Waals surface area contributed by atoms with E-state index in [2.05, 4.69) is 205 Å². The topological polar surface area (TPSA) is 4.93 Å². The van der Waals surface area contributed by atoms with Gasteiger partial charge in [-0.15, -0.1) is 0 Å². The molecular formula is C55H41N. The van der Waals surface area contributed by atoms with Gasteiger partial charge >= 0.3 is 0 Å². The maximum absolute atomic E-state index is 2.45. The van der Waals surface area contributed by atoms with Gasteiger partial charge < -0.3 is 4.57 Å². The summed E-state index contributed by atoms with van der Waals surface area (Å²) in [6.07, 6.45) is 4.00. The van der Waals surface area contributed by atoms with Crippen molar-refractivity contribution in [2.45, 2.75) is 19.3 Å². The normalized spacial score (nSPS) is 12.9. The van der Waals surface area contributed by atoms with Crippen molar-refractivity contribution in [2.75, 3.05) is 0 Å². The number of hydrogen-bond acceptors (Lipinski definition) is 0. The van der Waals surface area contributed by atoms with Gasteiger partial charge in [-0.2, -0.15) is 0 Å².